The van der Waals surface area contributed by atoms with Gasteiger partial charge in [-0.25, -0.2) is 4.98 Å². The summed E-state index contributed by atoms with van der Waals surface area (Å²) in [4.78, 5) is 31.4. The highest BCUT2D eigenvalue weighted by molar-refractivity contribution is 7.99. The van der Waals surface area contributed by atoms with Crippen molar-refractivity contribution in [1.29, 1.82) is 0 Å². The minimum absolute atomic E-state index is 0.0873. The number of hydrogen-bond acceptors (Lipinski definition) is 7. The number of esters is 1. The molecule has 9 heteroatoms. The highest BCUT2D eigenvalue weighted by atomic mass is 32.2. The van der Waals surface area contributed by atoms with E-state index in [2.05, 4.69) is 58.1 Å². The van der Waals surface area contributed by atoms with Gasteiger partial charge in [0, 0.05) is 37.2 Å². The fourth-order valence-corrected chi connectivity index (χ4v) is 5.68. The number of amides is 1. The lowest BCUT2D eigenvalue weighted by atomic mass is 9.97. The number of hydrogen-bond donors (Lipinski definition) is 0. The normalized spacial score (nSPS) is 14.3. The molecule has 1 amide bonds. The van der Waals surface area contributed by atoms with Crippen LogP contribution in [-0.4, -0.2) is 62.0 Å². The molecule has 1 fully saturated rings. The van der Waals surface area contributed by atoms with E-state index in [0.717, 1.165) is 34.2 Å². The van der Waals surface area contributed by atoms with Gasteiger partial charge in [-0.3, -0.25) is 9.59 Å². The molecule has 2 aromatic carbocycles. The largest absolute Gasteiger partial charge is 0.466 e. The number of carbonyl (C=O) groups is 2. The zero-order valence-corrected chi connectivity index (χ0v) is 22.7. The molecule has 0 bridgehead atoms. The Morgan fingerprint density at radius 1 is 1.05 bits per heavy atom. The minimum Gasteiger partial charge on any atom is -0.466 e. The van der Waals surface area contributed by atoms with Gasteiger partial charge in [0.1, 0.15) is 5.52 Å². The third kappa shape index (κ3) is 5.83. The molecule has 3 heterocycles. The Bertz CT molecular complexity index is 1430. The number of benzene rings is 2. The Balaban J connectivity index is 1.20. The summed E-state index contributed by atoms with van der Waals surface area (Å²) < 4.78 is 7.33. The van der Waals surface area contributed by atoms with Crippen LogP contribution >= 0.6 is 11.8 Å². The summed E-state index contributed by atoms with van der Waals surface area (Å²) in [5.74, 6) is 0.645. The molecule has 5 rings (SSSR count). The first-order valence-electron chi connectivity index (χ1n) is 13.3. The first-order valence-corrected chi connectivity index (χ1v) is 14.3. The van der Waals surface area contributed by atoms with Crippen LogP contribution in [0.5, 0.6) is 0 Å². The van der Waals surface area contributed by atoms with Crippen LogP contribution in [0.25, 0.3) is 22.1 Å². The van der Waals surface area contributed by atoms with Crippen molar-refractivity contribution in [1.82, 2.24) is 24.6 Å². The molecule has 4 aromatic rings. The zero-order chi connectivity index (χ0) is 26.5. The van der Waals surface area contributed by atoms with E-state index in [0.29, 0.717) is 50.7 Å². The summed E-state index contributed by atoms with van der Waals surface area (Å²) in [6.45, 7) is 6.24. The van der Waals surface area contributed by atoms with Gasteiger partial charge < -0.3 is 14.2 Å². The standard InChI is InChI=1S/C29H33N5O3S/c1-3-37-28(36)22-14-16-33(17-15-22)25(35)9-6-18-38-29-30-27-26(31-32-29)23-7-4-5-8-24(23)34(27)19-21-12-10-20(2)11-13-21/h4-5,7-8,10-13,22H,3,6,9,14-19H2,1-2H3. The molecule has 1 saturated heterocycles. The number of likely N-dealkylation sites (tertiary alicyclic amines) is 1. The second-order valence-corrected chi connectivity index (χ2v) is 10.8. The molecular formula is C29H33N5O3S. The van der Waals surface area contributed by atoms with Gasteiger partial charge in [0.2, 0.25) is 11.1 Å². The molecule has 0 N–H and O–H groups in total. The molecule has 0 atom stereocenters. The second-order valence-electron chi connectivity index (χ2n) is 9.71. The van der Waals surface area contributed by atoms with Crippen LogP contribution in [-0.2, 0) is 20.9 Å². The maximum absolute atomic E-state index is 12.7. The maximum atomic E-state index is 12.7. The predicted octanol–water partition coefficient (Wildman–Crippen LogP) is 5.01. The number of piperidine rings is 1. The van der Waals surface area contributed by atoms with E-state index in [4.69, 9.17) is 9.72 Å². The quantitative estimate of drug-likeness (QED) is 0.170. The average Bonchev–Trinajstić information content (AvgIpc) is 3.25. The summed E-state index contributed by atoms with van der Waals surface area (Å²) >= 11 is 1.53. The minimum atomic E-state index is -0.139. The molecule has 38 heavy (non-hydrogen) atoms. The molecule has 0 aliphatic carbocycles. The van der Waals surface area contributed by atoms with Crippen molar-refractivity contribution in [2.75, 3.05) is 25.4 Å². The number of carbonyl (C=O) groups excluding carboxylic acids is 2. The van der Waals surface area contributed by atoms with E-state index >= 15 is 0 Å². The zero-order valence-electron chi connectivity index (χ0n) is 21.9. The number of para-hydroxylation sites is 1. The molecular weight excluding hydrogens is 498 g/mol. The van der Waals surface area contributed by atoms with Crippen molar-refractivity contribution in [2.45, 2.75) is 51.2 Å². The number of nitrogens with zero attached hydrogens (tertiary/aromatic N) is 5. The van der Waals surface area contributed by atoms with E-state index in [1.54, 1.807) is 0 Å². The van der Waals surface area contributed by atoms with Crippen LogP contribution in [0.3, 0.4) is 0 Å². The highest BCUT2D eigenvalue weighted by Crippen LogP contribution is 2.28. The summed E-state index contributed by atoms with van der Waals surface area (Å²) in [5, 5.41) is 10.6. The Labute approximate surface area is 226 Å². The van der Waals surface area contributed by atoms with E-state index in [9.17, 15) is 9.59 Å². The van der Waals surface area contributed by atoms with Gasteiger partial charge in [-0.2, -0.15) is 0 Å². The van der Waals surface area contributed by atoms with Crippen molar-refractivity contribution in [3.63, 3.8) is 0 Å². The Morgan fingerprint density at radius 2 is 1.82 bits per heavy atom. The lowest BCUT2D eigenvalue weighted by Crippen LogP contribution is -2.40. The molecule has 2 aromatic heterocycles. The van der Waals surface area contributed by atoms with Crippen molar-refractivity contribution in [2.24, 2.45) is 5.92 Å². The number of ether oxygens (including phenoxy) is 1. The number of thioether (sulfide) groups is 1. The fourth-order valence-electron chi connectivity index (χ4n) is 4.96. The molecule has 0 spiro atoms. The van der Waals surface area contributed by atoms with E-state index < -0.39 is 0 Å². The average molecular weight is 532 g/mol. The Kier molecular flexibility index (Phi) is 8.22. The van der Waals surface area contributed by atoms with Crippen molar-refractivity contribution < 1.29 is 14.3 Å². The predicted molar refractivity (Wildman–Crippen MR) is 149 cm³/mol. The number of rotatable bonds is 9. The van der Waals surface area contributed by atoms with Gasteiger partial charge in [0.15, 0.2) is 5.65 Å². The molecule has 8 nitrogen and oxygen atoms in total. The van der Waals surface area contributed by atoms with E-state index in [1.165, 1.54) is 22.9 Å². The van der Waals surface area contributed by atoms with Crippen LogP contribution in [0, 0.1) is 12.8 Å². The SMILES string of the molecule is CCOC(=O)C1CCN(C(=O)CCCSc2nnc3c4ccccc4n(Cc4ccc(C)cc4)c3n2)CC1. The van der Waals surface area contributed by atoms with Crippen LogP contribution in [0.2, 0.25) is 0 Å². The highest BCUT2D eigenvalue weighted by Gasteiger charge is 2.27. The first-order chi connectivity index (χ1) is 18.5. The van der Waals surface area contributed by atoms with Gasteiger partial charge in [0.05, 0.1) is 18.0 Å². The van der Waals surface area contributed by atoms with Gasteiger partial charge in [-0.15, -0.1) is 10.2 Å². The Morgan fingerprint density at radius 3 is 2.58 bits per heavy atom. The Hall–Kier alpha value is -3.46. The van der Waals surface area contributed by atoms with E-state index in [1.807, 2.05) is 24.0 Å². The van der Waals surface area contributed by atoms with Gasteiger partial charge >= 0.3 is 5.97 Å². The summed E-state index contributed by atoms with van der Waals surface area (Å²) in [7, 11) is 0. The van der Waals surface area contributed by atoms with Gasteiger partial charge in [-0.1, -0.05) is 59.8 Å². The summed E-state index contributed by atoms with van der Waals surface area (Å²) in [6.07, 6.45) is 2.56. The smallest absolute Gasteiger partial charge is 0.309 e. The third-order valence-corrected chi connectivity index (χ3v) is 7.97. The van der Waals surface area contributed by atoms with Crippen molar-refractivity contribution in [3.8, 4) is 0 Å². The number of aromatic nitrogens is 4. The van der Waals surface area contributed by atoms with Crippen LogP contribution < -0.4 is 0 Å². The molecule has 198 valence electrons. The molecule has 0 saturated carbocycles. The maximum Gasteiger partial charge on any atom is 0.309 e. The van der Waals surface area contributed by atoms with Crippen LogP contribution in [0.15, 0.2) is 53.7 Å². The summed E-state index contributed by atoms with van der Waals surface area (Å²) in [6, 6.07) is 16.8. The lowest BCUT2D eigenvalue weighted by Gasteiger charge is -2.31. The fraction of sp³-hybridized carbons (Fsp3) is 0.414. The third-order valence-electron chi connectivity index (χ3n) is 7.05. The number of aryl methyl sites for hydroxylation is 1. The van der Waals surface area contributed by atoms with E-state index in [-0.39, 0.29) is 17.8 Å². The molecule has 1 aliphatic rings. The van der Waals surface area contributed by atoms with Gasteiger partial charge in [-0.05, 0) is 44.7 Å². The molecule has 0 radical (unpaired) electrons. The molecule has 1 aliphatic heterocycles. The summed E-state index contributed by atoms with van der Waals surface area (Å²) in [5.41, 5.74) is 5.15. The lowest BCUT2D eigenvalue weighted by molar-refractivity contribution is -0.151. The topological polar surface area (TPSA) is 90.2 Å². The van der Waals surface area contributed by atoms with Crippen LogP contribution in [0.4, 0.5) is 0 Å². The molecule has 0 unspecified atom stereocenters. The van der Waals surface area contributed by atoms with Crippen LogP contribution in [0.1, 0.15) is 43.7 Å². The number of fused-ring (bicyclic) bond motifs is 3. The van der Waals surface area contributed by atoms with Crippen molar-refractivity contribution in [3.05, 3.63) is 59.7 Å². The first kappa shape index (κ1) is 26.2. The monoisotopic (exact) mass is 531 g/mol. The van der Waals surface area contributed by atoms with Gasteiger partial charge in [0.25, 0.3) is 0 Å². The van der Waals surface area contributed by atoms with Crippen molar-refractivity contribution >= 4 is 45.7 Å². The second kappa shape index (κ2) is 11.9.